The Kier molecular flexibility index (Phi) is 11.7. The van der Waals surface area contributed by atoms with Crippen LogP contribution in [0.1, 0.15) is 55.4 Å². The summed E-state index contributed by atoms with van der Waals surface area (Å²) < 4.78 is 15.2. The molecule has 2 aliphatic heterocycles. The second kappa shape index (κ2) is 14.0. The van der Waals surface area contributed by atoms with Crippen molar-refractivity contribution in [2.24, 2.45) is 0 Å². The van der Waals surface area contributed by atoms with Crippen LogP contribution in [0.25, 0.3) is 0 Å². The van der Waals surface area contributed by atoms with Crippen LogP contribution in [0.4, 0.5) is 10.0 Å². The Labute approximate surface area is 220 Å². The first-order chi connectivity index (χ1) is 16.4. The molecule has 196 valence electrons. The minimum Gasteiger partial charge on any atom is -0.462 e. The summed E-state index contributed by atoms with van der Waals surface area (Å²) in [4.78, 5) is 28.3. The lowest BCUT2D eigenvalue weighted by atomic mass is 10.0. The minimum atomic E-state index is -0.289. The van der Waals surface area contributed by atoms with E-state index in [0.29, 0.717) is 34.3 Å². The fourth-order valence-electron chi connectivity index (χ4n) is 4.10. The van der Waals surface area contributed by atoms with E-state index in [1.807, 2.05) is 0 Å². The number of hydrogen-bond donors (Lipinski definition) is 3. The molecule has 0 aromatic carbocycles. The van der Waals surface area contributed by atoms with Crippen molar-refractivity contribution in [2.45, 2.75) is 39.8 Å². The number of anilines is 2. The number of carbonyl (C=O) groups excluding carboxylic acids is 2. The Morgan fingerprint density at radius 1 is 0.971 bits per heavy atom. The SMILES string of the molecule is CCOC(=O)c1c(N)sc2c1CCN(CCOC)C2.CCOC(=O)c1c(N)sc2c1CCNC2.Cl. The summed E-state index contributed by atoms with van der Waals surface area (Å²) in [6.07, 6.45) is 1.71. The second-order valence-corrected chi connectivity index (χ2v) is 10.1. The van der Waals surface area contributed by atoms with Gasteiger partial charge in [-0.15, -0.1) is 35.1 Å². The largest absolute Gasteiger partial charge is 0.462 e. The van der Waals surface area contributed by atoms with E-state index in [2.05, 4.69) is 10.2 Å². The first kappa shape index (κ1) is 29.3. The molecule has 4 rings (SSSR count). The molecule has 5 N–H and O–H groups in total. The van der Waals surface area contributed by atoms with Gasteiger partial charge in [-0.3, -0.25) is 4.90 Å². The van der Waals surface area contributed by atoms with Crippen molar-refractivity contribution in [1.29, 1.82) is 0 Å². The summed E-state index contributed by atoms with van der Waals surface area (Å²) in [7, 11) is 1.71. The molecule has 35 heavy (non-hydrogen) atoms. The van der Waals surface area contributed by atoms with Gasteiger partial charge in [0.25, 0.3) is 0 Å². The van der Waals surface area contributed by atoms with Gasteiger partial charge in [-0.2, -0.15) is 0 Å². The van der Waals surface area contributed by atoms with Crippen molar-refractivity contribution in [3.05, 3.63) is 32.0 Å². The van der Waals surface area contributed by atoms with Crippen molar-refractivity contribution >= 4 is 57.0 Å². The van der Waals surface area contributed by atoms with Gasteiger partial charge in [-0.05, 0) is 44.4 Å². The predicted octanol–water partition coefficient (Wildman–Crippen LogP) is 3.09. The molecule has 0 spiro atoms. The molecule has 9 nitrogen and oxygen atoms in total. The van der Waals surface area contributed by atoms with E-state index in [1.165, 1.54) is 32.4 Å². The number of nitrogens with two attached hydrogens (primary N) is 2. The van der Waals surface area contributed by atoms with Gasteiger partial charge in [0.15, 0.2) is 0 Å². The quantitative estimate of drug-likeness (QED) is 0.448. The third kappa shape index (κ3) is 7.08. The fourth-order valence-corrected chi connectivity index (χ4v) is 6.32. The van der Waals surface area contributed by atoms with Crippen LogP contribution in [0.5, 0.6) is 0 Å². The standard InChI is InChI=1S/C13H20N2O3S.C10H14N2O2S.ClH/c1-3-18-13(16)11-9-4-5-15(6-7-17-2)8-10(9)19-12(11)14;1-2-14-10(13)8-6-3-4-12-5-7(6)15-9(8)11;/h3-8,14H2,1-2H3;12H,2-5,11H2,1H3;1H. The molecule has 12 heteroatoms. The Bertz CT molecular complexity index is 1010. The summed E-state index contributed by atoms with van der Waals surface area (Å²) in [5.74, 6) is -0.572. The van der Waals surface area contributed by atoms with Crippen LogP contribution in [0.3, 0.4) is 0 Å². The highest BCUT2D eigenvalue weighted by Gasteiger charge is 2.27. The highest BCUT2D eigenvalue weighted by Crippen LogP contribution is 2.36. The maximum atomic E-state index is 11.9. The van der Waals surface area contributed by atoms with Crippen molar-refractivity contribution in [3.63, 3.8) is 0 Å². The Morgan fingerprint density at radius 3 is 2.11 bits per heavy atom. The summed E-state index contributed by atoms with van der Waals surface area (Å²) >= 11 is 2.99. The summed E-state index contributed by atoms with van der Waals surface area (Å²) in [5.41, 5.74) is 15.2. The van der Waals surface area contributed by atoms with Gasteiger partial charge in [0.1, 0.15) is 10.0 Å². The van der Waals surface area contributed by atoms with Crippen LogP contribution >= 0.6 is 35.1 Å². The van der Waals surface area contributed by atoms with E-state index < -0.39 is 0 Å². The zero-order valence-electron chi connectivity index (χ0n) is 20.4. The van der Waals surface area contributed by atoms with Crippen molar-refractivity contribution < 1.29 is 23.8 Å². The number of fused-ring (bicyclic) bond motifs is 2. The van der Waals surface area contributed by atoms with Gasteiger partial charge < -0.3 is 31.0 Å². The molecular weight excluding hydrogens is 512 g/mol. The average molecular weight is 547 g/mol. The molecule has 2 aromatic rings. The lowest BCUT2D eigenvalue weighted by molar-refractivity contribution is 0.0516. The zero-order chi connectivity index (χ0) is 24.7. The molecule has 0 unspecified atom stereocenters. The van der Waals surface area contributed by atoms with E-state index in [0.717, 1.165) is 63.3 Å². The van der Waals surface area contributed by atoms with E-state index in [1.54, 1.807) is 21.0 Å². The lowest BCUT2D eigenvalue weighted by Crippen LogP contribution is -2.32. The predicted molar refractivity (Wildman–Crippen MR) is 143 cm³/mol. The van der Waals surface area contributed by atoms with Crippen molar-refractivity contribution in [3.8, 4) is 0 Å². The number of halogens is 1. The van der Waals surface area contributed by atoms with Gasteiger partial charge in [0.05, 0.1) is 30.9 Å². The van der Waals surface area contributed by atoms with Gasteiger partial charge >= 0.3 is 11.9 Å². The van der Waals surface area contributed by atoms with Crippen LogP contribution in [-0.2, 0) is 40.1 Å². The van der Waals surface area contributed by atoms with Crippen LogP contribution in [-0.4, -0.2) is 63.4 Å². The number of methoxy groups -OCH3 is 1. The normalized spacial score (nSPS) is 14.6. The molecule has 2 aliphatic rings. The zero-order valence-corrected chi connectivity index (χ0v) is 22.9. The smallest absolute Gasteiger partial charge is 0.341 e. The Balaban J connectivity index is 0.000000246. The topological polar surface area (TPSA) is 129 Å². The first-order valence-corrected chi connectivity index (χ1v) is 13.1. The Morgan fingerprint density at radius 2 is 1.54 bits per heavy atom. The van der Waals surface area contributed by atoms with Gasteiger partial charge in [-0.1, -0.05) is 0 Å². The van der Waals surface area contributed by atoms with Gasteiger partial charge in [0.2, 0.25) is 0 Å². The molecule has 0 saturated heterocycles. The summed E-state index contributed by atoms with van der Waals surface area (Å²) in [6, 6.07) is 0. The molecule has 2 aromatic heterocycles. The molecule has 0 saturated carbocycles. The number of thiophene rings is 2. The molecule has 0 radical (unpaired) electrons. The number of esters is 2. The molecule has 0 amide bonds. The number of carbonyl (C=O) groups is 2. The van der Waals surface area contributed by atoms with Crippen molar-refractivity contribution in [2.75, 3.05) is 58.0 Å². The van der Waals surface area contributed by atoms with E-state index in [4.69, 9.17) is 25.7 Å². The monoisotopic (exact) mass is 546 g/mol. The van der Waals surface area contributed by atoms with Gasteiger partial charge in [0, 0.05) is 43.0 Å². The average Bonchev–Trinajstić information content (AvgIpc) is 3.33. The molecule has 0 bridgehead atoms. The van der Waals surface area contributed by atoms with Crippen LogP contribution in [0.15, 0.2) is 0 Å². The van der Waals surface area contributed by atoms with E-state index in [9.17, 15) is 9.59 Å². The van der Waals surface area contributed by atoms with Crippen molar-refractivity contribution in [1.82, 2.24) is 10.2 Å². The summed E-state index contributed by atoms with van der Waals surface area (Å²) in [5, 5.41) is 4.42. The molecule has 0 aliphatic carbocycles. The number of rotatable bonds is 7. The number of ether oxygens (including phenoxy) is 3. The number of hydrogen-bond acceptors (Lipinski definition) is 11. The van der Waals surface area contributed by atoms with Crippen LogP contribution in [0.2, 0.25) is 0 Å². The van der Waals surface area contributed by atoms with E-state index in [-0.39, 0.29) is 24.3 Å². The molecule has 4 heterocycles. The molecular formula is C23H35ClN4O5S2. The molecule has 0 atom stereocenters. The number of nitrogens with zero attached hydrogens (tertiary/aromatic N) is 1. The number of nitrogens with one attached hydrogen (secondary N) is 1. The third-order valence-corrected chi connectivity index (χ3v) is 7.80. The van der Waals surface area contributed by atoms with Crippen LogP contribution < -0.4 is 16.8 Å². The summed E-state index contributed by atoms with van der Waals surface area (Å²) in [6.45, 7) is 9.48. The fraction of sp³-hybridized carbons (Fsp3) is 0.565. The Hall–Kier alpha value is -1.89. The number of nitrogen functional groups attached to an aromatic ring is 2. The highest BCUT2D eigenvalue weighted by molar-refractivity contribution is 7.16. The van der Waals surface area contributed by atoms with Gasteiger partial charge in [-0.25, -0.2) is 9.59 Å². The van der Waals surface area contributed by atoms with E-state index >= 15 is 0 Å². The first-order valence-electron chi connectivity index (χ1n) is 11.5. The molecule has 0 fully saturated rings. The second-order valence-electron chi connectivity index (χ2n) is 7.87. The van der Waals surface area contributed by atoms with Crippen LogP contribution in [0, 0.1) is 0 Å². The third-order valence-electron chi connectivity index (χ3n) is 5.69. The maximum Gasteiger partial charge on any atom is 0.341 e. The minimum absolute atomic E-state index is 0. The maximum absolute atomic E-state index is 11.9. The highest BCUT2D eigenvalue weighted by atomic mass is 35.5. The lowest BCUT2D eigenvalue weighted by Gasteiger charge is -2.26.